The van der Waals surface area contributed by atoms with Crippen LogP contribution in [0.3, 0.4) is 0 Å². The van der Waals surface area contributed by atoms with E-state index < -0.39 is 5.97 Å². The predicted molar refractivity (Wildman–Crippen MR) is 83.8 cm³/mol. The van der Waals surface area contributed by atoms with Gasteiger partial charge in [0.1, 0.15) is 11.3 Å². The van der Waals surface area contributed by atoms with Crippen molar-refractivity contribution >= 4 is 41.0 Å². The van der Waals surface area contributed by atoms with E-state index in [1.807, 2.05) is 0 Å². The van der Waals surface area contributed by atoms with E-state index in [1.54, 1.807) is 38.1 Å². The van der Waals surface area contributed by atoms with Crippen molar-refractivity contribution in [2.45, 2.75) is 13.8 Å². The van der Waals surface area contributed by atoms with Crippen molar-refractivity contribution in [2.75, 3.05) is 6.61 Å². The number of carbonyl (C=O) groups is 1. The molecule has 0 fully saturated rings. The van der Waals surface area contributed by atoms with Crippen LogP contribution in [0.1, 0.15) is 19.4 Å². The lowest BCUT2D eigenvalue weighted by atomic mass is 10.1. The molecule has 110 valence electrons. The molecule has 0 spiro atoms. The molecule has 1 heterocycles. The van der Waals surface area contributed by atoms with Gasteiger partial charge in [0.25, 0.3) is 0 Å². The molecule has 2 rings (SSSR count). The molecule has 0 aliphatic carbocycles. The van der Waals surface area contributed by atoms with Crippen LogP contribution >= 0.6 is 23.2 Å². The molecule has 21 heavy (non-hydrogen) atoms. The fourth-order valence-corrected chi connectivity index (χ4v) is 2.37. The number of rotatable bonds is 3. The lowest BCUT2D eigenvalue weighted by molar-refractivity contribution is -0.138. The third-order valence-corrected chi connectivity index (χ3v) is 3.43. The van der Waals surface area contributed by atoms with Gasteiger partial charge >= 0.3 is 5.97 Å². The highest BCUT2D eigenvalue weighted by atomic mass is 35.5. The monoisotopic (exact) mass is 325 g/mol. The van der Waals surface area contributed by atoms with E-state index in [4.69, 9.17) is 27.9 Å². The molecule has 0 bridgehead atoms. The van der Waals surface area contributed by atoms with Gasteiger partial charge in [-0.05, 0) is 37.6 Å². The average Bonchev–Trinajstić information content (AvgIpc) is 2.68. The number of aliphatic hydroxyl groups excluding tert-OH is 1. The van der Waals surface area contributed by atoms with Crippen LogP contribution in [0.5, 0.6) is 0 Å². The average molecular weight is 326 g/mol. The molecule has 6 heteroatoms. The van der Waals surface area contributed by atoms with Crippen LogP contribution in [-0.2, 0) is 9.53 Å². The maximum Gasteiger partial charge on any atom is 0.343 e. The predicted octanol–water partition coefficient (Wildman–Crippen LogP) is 4.18. The van der Waals surface area contributed by atoms with Gasteiger partial charge in [-0.25, -0.2) is 9.79 Å². The summed E-state index contributed by atoms with van der Waals surface area (Å²) in [5.74, 6) is -0.807. The molecule has 0 atom stereocenters. The van der Waals surface area contributed by atoms with Gasteiger partial charge in [-0.1, -0.05) is 29.3 Å². The van der Waals surface area contributed by atoms with Crippen molar-refractivity contribution in [3.63, 3.8) is 0 Å². The van der Waals surface area contributed by atoms with Gasteiger partial charge < -0.3 is 9.84 Å². The lowest BCUT2D eigenvalue weighted by Crippen LogP contribution is -2.13. The Hall–Kier alpha value is -1.78. The molecule has 1 N–H and O–H groups in total. The quantitative estimate of drug-likeness (QED) is 0.848. The van der Waals surface area contributed by atoms with Crippen molar-refractivity contribution in [3.05, 3.63) is 50.8 Å². The Morgan fingerprint density at radius 1 is 1.43 bits per heavy atom. The molecule has 1 aromatic rings. The zero-order chi connectivity index (χ0) is 15.6. The van der Waals surface area contributed by atoms with Crippen molar-refractivity contribution in [1.29, 1.82) is 0 Å². The van der Waals surface area contributed by atoms with Crippen LogP contribution < -0.4 is 0 Å². The Bertz CT molecular complexity index is 690. The molecule has 0 radical (unpaired) electrons. The zero-order valence-electron chi connectivity index (χ0n) is 11.5. The van der Waals surface area contributed by atoms with Gasteiger partial charge in [-0.3, -0.25) is 0 Å². The van der Waals surface area contributed by atoms with Crippen molar-refractivity contribution in [1.82, 2.24) is 0 Å². The highest BCUT2D eigenvalue weighted by molar-refractivity contribution is 6.35. The number of hydrogen-bond donors (Lipinski definition) is 1. The molecule has 0 saturated carbocycles. The van der Waals surface area contributed by atoms with Crippen molar-refractivity contribution in [2.24, 2.45) is 4.99 Å². The molecule has 4 nitrogen and oxygen atoms in total. The highest BCUT2D eigenvalue weighted by Crippen LogP contribution is 2.29. The summed E-state index contributed by atoms with van der Waals surface area (Å²) in [5, 5.41) is 11.1. The second kappa shape index (κ2) is 6.33. The molecule has 1 aliphatic heterocycles. The number of aliphatic imine (C=N–C) groups is 1. The maximum atomic E-state index is 11.8. The van der Waals surface area contributed by atoms with Gasteiger partial charge in [0, 0.05) is 10.0 Å². The zero-order valence-corrected chi connectivity index (χ0v) is 13.0. The normalized spacial score (nSPS) is 16.4. The summed E-state index contributed by atoms with van der Waals surface area (Å²) in [4.78, 5) is 16.0. The summed E-state index contributed by atoms with van der Waals surface area (Å²) >= 11 is 11.9. The maximum absolute atomic E-state index is 11.8. The van der Waals surface area contributed by atoms with Crippen molar-refractivity contribution < 1.29 is 14.6 Å². The molecule has 0 aromatic heterocycles. The lowest BCUT2D eigenvalue weighted by Gasteiger charge is -2.03. The fourth-order valence-electron chi connectivity index (χ4n) is 1.90. The first-order valence-electron chi connectivity index (χ1n) is 6.27. The first kappa shape index (κ1) is 15.6. The highest BCUT2D eigenvalue weighted by Gasteiger charge is 2.27. The van der Waals surface area contributed by atoms with Gasteiger partial charge in [-0.15, -0.1) is 0 Å². The number of ether oxygens (including phenoxy) is 1. The van der Waals surface area contributed by atoms with Crippen molar-refractivity contribution in [3.8, 4) is 0 Å². The summed E-state index contributed by atoms with van der Waals surface area (Å²) in [6, 6.07) is 4.98. The van der Waals surface area contributed by atoms with Crippen LogP contribution in [0.2, 0.25) is 10.0 Å². The molecule has 1 aliphatic rings. The second-order valence-electron chi connectivity index (χ2n) is 4.34. The van der Waals surface area contributed by atoms with Crippen LogP contribution in [-0.4, -0.2) is 23.4 Å². The molecule has 0 unspecified atom stereocenters. The summed E-state index contributed by atoms with van der Waals surface area (Å²) in [6.07, 6.45) is 1.59. The first-order valence-corrected chi connectivity index (χ1v) is 7.02. The van der Waals surface area contributed by atoms with Gasteiger partial charge in [0.2, 0.25) is 0 Å². The minimum atomic E-state index is -0.596. The summed E-state index contributed by atoms with van der Waals surface area (Å²) in [6.45, 7) is 3.55. The summed E-state index contributed by atoms with van der Waals surface area (Å²) in [5.41, 5.74) is 1.39. The molecule has 0 amide bonds. The van der Waals surface area contributed by atoms with Gasteiger partial charge in [-0.2, -0.15) is 0 Å². The van der Waals surface area contributed by atoms with E-state index in [9.17, 15) is 9.90 Å². The van der Waals surface area contributed by atoms with Crippen LogP contribution in [0, 0.1) is 0 Å². The number of halogens is 2. The van der Waals surface area contributed by atoms with Gasteiger partial charge in [0.05, 0.1) is 12.3 Å². The molecular weight excluding hydrogens is 313 g/mol. The Kier molecular flexibility index (Phi) is 4.70. The van der Waals surface area contributed by atoms with E-state index in [2.05, 4.69) is 4.99 Å². The standard InChI is InChI=1S/C15H13Cl2NO3/c1-3-21-15(20)13-8(2)18-12(14(13)19)6-9-4-5-10(16)7-11(9)17/h4-7,19H,3H2,1-2H3/b12-6+. The SMILES string of the molecule is CCOC(=O)C1=C(O)/C(=C\c2ccc(Cl)cc2Cl)N=C1C. The number of benzene rings is 1. The van der Waals surface area contributed by atoms with E-state index >= 15 is 0 Å². The largest absolute Gasteiger partial charge is 0.505 e. The molecule has 0 saturated heterocycles. The summed E-state index contributed by atoms with van der Waals surface area (Å²) < 4.78 is 4.90. The minimum Gasteiger partial charge on any atom is -0.505 e. The van der Waals surface area contributed by atoms with E-state index in [0.717, 1.165) is 0 Å². The topological polar surface area (TPSA) is 58.9 Å². The number of aliphatic hydroxyl groups is 1. The van der Waals surface area contributed by atoms with E-state index in [-0.39, 0.29) is 23.6 Å². The number of carbonyl (C=O) groups excluding carboxylic acids is 1. The Labute approximate surface area is 132 Å². The smallest absolute Gasteiger partial charge is 0.343 e. The molecule has 1 aromatic carbocycles. The van der Waals surface area contributed by atoms with Gasteiger partial charge in [0.15, 0.2) is 5.76 Å². The summed E-state index contributed by atoms with van der Waals surface area (Å²) in [7, 11) is 0. The van der Waals surface area contributed by atoms with Crippen LogP contribution in [0.15, 0.2) is 40.2 Å². The van der Waals surface area contributed by atoms with Crippen LogP contribution in [0.4, 0.5) is 0 Å². The van der Waals surface area contributed by atoms with E-state index in [1.165, 1.54) is 0 Å². The number of nitrogens with zero attached hydrogens (tertiary/aromatic N) is 1. The van der Waals surface area contributed by atoms with Crippen LogP contribution in [0.25, 0.3) is 6.08 Å². The number of hydrogen-bond acceptors (Lipinski definition) is 4. The second-order valence-corrected chi connectivity index (χ2v) is 5.18. The Morgan fingerprint density at radius 2 is 2.14 bits per heavy atom. The Morgan fingerprint density at radius 3 is 2.76 bits per heavy atom. The molecular formula is C15H13Cl2NO3. The first-order chi connectivity index (χ1) is 9.93. The fraction of sp³-hybridized carbons (Fsp3) is 0.200. The minimum absolute atomic E-state index is 0.0770. The third kappa shape index (κ3) is 3.28. The third-order valence-electron chi connectivity index (χ3n) is 2.86. The Balaban J connectivity index is 2.42. The number of esters is 1. The van der Waals surface area contributed by atoms with E-state index in [0.29, 0.717) is 21.3 Å².